The maximum absolute atomic E-state index is 12.0. The van der Waals surface area contributed by atoms with Crippen LogP contribution in [0.4, 0.5) is 5.69 Å². The highest BCUT2D eigenvalue weighted by atomic mass is 16.1. The number of nitrogen functional groups attached to an aromatic ring is 1. The molecule has 104 valence electrons. The molecule has 1 saturated heterocycles. The first-order valence-electron chi connectivity index (χ1n) is 6.98. The van der Waals surface area contributed by atoms with E-state index in [4.69, 9.17) is 5.73 Å². The van der Waals surface area contributed by atoms with Crippen molar-refractivity contribution >= 4 is 11.6 Å². The number of likely N-dealkylation sites (tertiary alicyclic amines) is 1. The number of hydrogen-bond acceptors (Lipinski definition) is 4. The minimum Gasteiger partial charge on any atom is -0.395 e. The lowest BCUT2D eigenvalue weighted by Crippen LogP contribution is -2.32. The number of carbonyl (C=O) groups is 1. The summed E-state index contributed by atoms with van der Waals surface area (Å²) in [5, 5.41) is 9.62. The Morgan fingerprint density at radius 1 is 1.53 bits per heavy atom. The molecule has 0 aromatic carbocycles. The van der Waals surface area contributed by atoms with Gasteiger partial charge in [0, 0.05) is 19.1 Å². The lowest BCUT2D eigenvalue weighted by atomic mass is 10.1. The molecule has 1 aliphatic carbocycles. The Morgan fingerprint density at radius 2 is 2.32 bits per heavy atom. The fourth-order valence-corrected chi connectivity index (χ4v) is 2.73. The Balaban J connectivity index is 1.49. The summed E-state index contributed by atoms with van der Waals surface area (Å²) in [7, 11) is 0. The van der Waals surface area contributed by atoms with Crippen molar-refractivity contribution in [2.24, 2.45) is 5.92 Å². The van der Waals surface area contributed by atoms with Crippen LogP contribution in [0.3, 0.4) is 0 Å². The van der Waals surface area contributed by atoms with E-state index in [-0.39, 0.29) is 5.91 Å². The van der Waals surface area contributed by atoms with E-state index in [1.165, 1.54) is 25.8 Å². The van der Waals surface area contributed by atoms with Gasteiger partial charge >= 0.3 is 0 Å². The fourth-order valence-electron chi connectivity index (χ4n) is 2.73. The second-order valence-electron chi connectivity index (χ2n) is 5.70. The van der Waals surface area contributed by atoms with Gasteiger partial charge in [-0.15, -0.1) is 0 Å². The molecule has 1 aromatic heterocycles. The van der Waals surface area contributed by atoms with Crippen LogP contribution >= 0.6 is 0 Å². The van der Waals surface area contributed by atoms with Crippen LogP contribution in [-0.2, 0) is 0 Å². The molecule has 3 rings (SSSR count). The van der Waals surface area contributed by atoms with Gasteiger partial charge in [0.2, 0.25) is 0 Å². The first kappa shape index (κ1) is 12.5. The zero-order valence-electron chi connectivity index (χ0n) is 11.3. The van der Waals surface area contributed by atoms with Gasteiger partial charge in [-0.05, 0) is 38.6 Å². The summed E-state index contributed by atoms with van der Waals surface area (Å²) < 4.78 is 0. The van der Waals surface area contributed by atoms with Crippen molar-refractivity contribution in [2.45, 2.75) is 32.2 Å². The van der Waals surface area contributed by atoms with Crippen LogP contribution in [0.5, 0.6) is 0 Å². The van der Waals surface area contributed by atoms with Gasteiger partial charge in [-0.2, -0.15) is 5.10 Å². The highest BCUT2D eigenvalue weighted by molar-refractivity contribution is 5.97. The van der Waals surface area contributed by atoms with Gasteiger partial charge in [-0.25, -0.2) is 0 Å². The molecule has 1 amide bonds. The van der Waals surface area contributed by atoms with Gasteiger partial charge < -0.3 is 16.0 Å². The first-order chi connectivity index (χ1) is 9.15. The van der Waals surface area contributed by atoms with Gasteiger partial charge in [-0.3, -0.25) is 9.89 Å². The average Bonchev–Trinajstić information content (AvgIpc) is 3.06. The molecule has 0 spiro atoms. The molecule has 2 heterocycles. The summed E-state index contributed by atoms with van der Waals surface area (Å²) >= 11 is 0. The summed E-state index contributed by atoms with van der Waals surface area (Å²) in [5.74, 6) is 0.387. The number of H-pyrrole nitrogens is 1. The molecular weight excluding hydrogens is 242 g/mol. The summed E-state index contributed by atoms with van der Waals surface area (Å²) in [6, 6.07) is 0.824. The van der Waals surface area contributed by atoms with E-state index in [0.717, 1.165) is 18.3 Å². The minimum absolute atomic E-state index is 0.174. The number of aromatic amines is 1. The van der Waals surface area contributed by atoms with Crippen molar-refractivity contribution in [2.75, 3.05) is 25.4 Å². The summed E-state index contributed by atoms with van der Waals surface area (Å²) in [4.78, 5) is 14.5. The highest BCUT2D eigenvalue weighted by Crippen LogP contribution is 2.31. The Morgan fingerprint density at radius 3 is 2.95 bits per heavy atom. The van der Waals surface area contributed by atoms with Gasteiger partial charge in [0.05, 0.1) is 11.4 Å². The Bertz CT molecular complexity index is 479. The van der Waals surface area contributed by atoms with Gasteiger partial charge in [0.15, 0.2) is 5.69 Å². The molecule has 1 atom stereocenters. The van der Waals surface area contributed by atoms with Crippen LogP contribution in [0.25, 0.3) is 0 Å². The van der Waals surface area contributed by atoms with Gasteiger partial charge in [0.25, 0.3) is 5.91 Å². The van der Waals surface area contributed by atoms with Crippen molar-refractivity contribution in [3.63, 3.8) is 0 Å². The zero-order chi connectivity index (χ0) is 13.4. The number of carbonyl (C=O) groups excluding carboxylic acids is 1. The maximum Gasteiger partial charge on any atom is 0.273 e. The predicted octanol–water partition coefficient (Wildman–Crippen LogP) is 0.514. The smallest absolute Gasteiger partial charge is 0.273 e. The van der Waals surface area contributed by atoms with Crippen LogP contribution in [0.2, 0.25) is 0 Å². The molecule has 1 aromatic rings. The van der Waals surface area contributed by atoms with E-state index in [2.05, 4.69) is 20.4 Å². The van der Waals surface area contributed by atoms with E-state index in [1.807, 2.05) is 6.92 Å². The SMILES string of the molecule is Cc1[nH]nc(C(=O)NCC2CCN(C3CC3)C2)c1N. The van der Waals surface area contributed by atoms with Crippen molar-refractivity contribution < 1.29 is 4.79 Å². The standard InChI is InChI=1S/C13H21N5O/c1-8-11(14)12(17-16-8)13(19)15-6-9-4-5-18(7-9)10-2-3-10/h9-10H,2-7,14H2,1H3,(H,15,19)(H,16,17). The van der Waals surface area contributed by atoms with Crippen LogP contribution in [-0.4, -0.2) is 46.7 Å². The third-order valence-corrected chi connectivity index (χ3v) is 4.14. The van der Waals surface area contributed by atoms with E-state index >= 15 is 0 Å². The molecular formula is C13H21N5O. The van der Waals surface area contributed by atoms with E-state index < -0.39 is 0 Å². The summed E-state index contributed by atoms with van der Waals surface area (Å²) in [6.45, 7) is 4.81. The average molecular weight is 263 g/mol. The number of aryl methyl sites for hydroxylation is 1. The summed E-state index contributed by atoms with van der Waals surface area (Å²) in [6.07, 6.45) is 3.87. The number of nitrogens with one attached hydrogen (secondary N) is 2. The number of amides is 1. The van der Waals surface area contributed by atoms with E-state index in [9.17, 15) is 4.79 Å². The molecule has 1 unspecified atom stereocenters. The molecule has 2 fully saturated rings. The van der Waals surface area contributed by atoms with Crippen LogP contribution in [0.15, 0.2) is 0 Å². The number of nitrogens with zero attached hydrogens (tertiary/aromatic N) is 2. The predicted molar refractivity (Wildman–Crippen MR) is 72.8 cm³/mol. The quantitative estimate of drug-likeness (QED) is 0.739. The number of aromatic nitrogens is 2. The molecule has 0 radical (unpaired) electrons. The van der Waals surface area contributed by atoms with Crippen molar-refractivity contribution in [1.29, 1.82) is 0 Å². The van der Waals surface area contributed by atoms with Crippen LogP contribution in [0, 0.1) is 12.8 Å². The van der Waals surface area contributed by atoms with Crippen LogP contribution < -0.4 is 11.1 Å². The molecule has 1 aliphatic heterocycles. The van der Waals surface area contributed by atoms with Crippen molar-refractivity contribution in [3.8, 4) is 0 Å². The Labute approximate surface area is 112 Å². The molecule has 19 heavy (non-hydrogen) atoms. The van der Waals surface area contributed by atoms with E-state index in [1.54, 1.807) is 0 Å². The molecule has 6 nitrogen and oxygen atoms in total. The molecule has 4 N–H and O–H groups in total. The van der Waals surface area contributed by atoms with Crippen molar-refractivity contribution in [3.05, 3.63) is 11.4 Å². The fraction of sp³-hybridized carbons (Fsp3) is 0.692. The Kier molecular flexibility index (Phi) is 3.18. The van der Waals surface area contributed by atoms with Gasteiger partial charge in [-0.1, -0.05) is 0 Å². The highest BCUT2D eigenvalue weighted by Gasteiger charge is 2.34. The third kappa shape index (κ3) is 2.58. The molecule has 2 aliphatic rings. The zero-order valence-corrected chi connectivity index (χ0v) is 11.3. The third-order valence-electron chi connectivity index (χ3n) is 4.14. The number of anilines is 1. The van der Waals surface area contributed by atoms with E-state index in [0.29, 0.717) is 23.8 Å². The Hall–Kier alpha value is -1.56. The van der Waals surface area contributed by atoms with Gasteiger partial charge in [0.1, 0.15) is 0 Å². The maximum atomic E-state index is 12.0. The van der Waals surface area contributed by atoms with Crippen LogP contribution in [0.1, 0.15) is 35.4 Å². The number of rotatable bonds is 4. The second kappa shape index (κ2) is 4.85. The lowest BCUT2D eigenvalue weighted by molar-refractivity contribution is 0.0943. The lowest BCUT2D eigenvalue weighted by Gasteiger charge is -2.14. The number of hydrogen-bond donors (Lipinski definition) is 3. The monoisotopic (exact) mass is 263 g/mol. The largest absolute Gasteiger partial charge is 0.395 e. The second-order valence-corrected chi connectivity index (χ2v) is 5.70. The molecule has 6 heteroatoms. The van der Waals surface area contributed by atoms with Crippen molar-refractivity contribution in [1.82, 2.24) is 20.4 Å². The molecule has 0 bridgehead atoms. The minimum atomic E-state index is -0.174. The first-order valence-corrected chi connectivity index (χ1v) is 6.98. The molecule has 1 saturated carbocycles. The summed E-state index contributed by atoms with van der Waals surface area (Å²) in [5.41, 5.74) is 7.30. The topological polar surface area (TPSA) is 87.0 Å². The normalized spacial score (nSPS) is 23.7. The number of nitrogens with two attached hydrogens (primary N) is 1.